The van der Waals surface area contributed by atoms with Crippen molar-refractivity contribution < 1.29 is 28.4 Å². The minimum Gasteiger partial charge on any atom is -0.387 e. The molecule has 0 aromatic rings. The lowest BCUT2D eigenvalue weighted by atomic mass is 10.0. The van der Waals surface area contributed by atoms with Crippen LogP contribution in [0.4, 0.5) is 0 Å². The van der Waals surface area contributed by atoms with Crippen LogP contribution in [-0.2, 0) is 18.4 Å². The zero-order valence-electron chi connectivity index (χ0n) is 33.7. The molecule has 0 bridgehead atoms. The van der Waals surface area contributed by atoms with Gasteiger partial charge in [0.05, 0.1) is 25.4 Å². The Bertz CT molecular complexity index is 1050. The summed E-state index contributed by atoms with van der Waals surface area (Å²) in [7, 11) is -4.35. The van der Waals surface area contributed by atoms with Gasteiger partial charge in [0.15, 0.2) is 0 Å². The molecule has 0 aromatic carbocycles. The summed E-state index contributed by atoms with van der Waals surface area (Å²) in [5.74, 6) is -0.214. The predicted octanol–water partition coefficient (Wildman–Crippen LogP) is 11.7. The minimum absolute atomic E-state index is 0.0699. The van der Waals surface area contributed by atoms with Crippen molar-refractivity contribution in [2.45, 2.75) is 180 Å². The van der Waals surface area contributed by atoms with E-state index in [1.54, 1.807) is 6.08 Å². The Morgan fingerprint density at radius 1 is 0.642 bits per heavy atom. The number of carbonyl (C=O) groups excluding carboxylic acids is 1. The maximum Gasteiger partial charge on any atom is 0.472 e. The highest BCUT2D eigenvalue weighted by Gasteiger charge is 2.26. The molecule has 0 saturated carbocycles. The molecule has 0 saturated heterocycles. The summed E-state index contributed by atoms with van der Waals surface area (Å²) in [5, 5.41) is 13.6. The maximum atomic E-state index is 12.7. The number of amides is 1. The van der Waals surface area contributed by atoms with Gasteiger partial charge in [-0.15, -0.1) is 0 Å². The Hall–Kier alpha value is -2.06. The molecule has 0 aliphatic rings. The molecule has 0 heterocycles. The lowest BCUT2D eigenvalue weighted by molar-refractivity contribution is -0.123. The van der Waals surface area contributed by atoms with Gasteiger partial charge < -0.3 is 21.1 Å². The van der Waals surface area contributed by atoms with Crippen LogP contribution in [0.5, 0.6) is 0 Å². The Kier molecular flexibility index (Phi) is 38.1. The van der Waals surface area contributed by atoms with Crippen LogP contribution < -0.4 is 11.1 Å². The summed E-state index contributed by atoms with van der Waals surface area (Å²) in [6.07, 6.45) is 51.0. The van der Waals surface area contributed by atoms with Gasteiger partial charge in [0.2, 0.25) is 5.91 Å². The molecule has 5 N–H and O–H groups in total. The molecule has 3 unspecified atom stereocenters. The van der Waals surface area contributed by atoms with E-state index in [0.29, 0.717) is 6.42 Å². The van der Waals surface area contributed by atoms with E-state index in [1.807, 2.05) is 6.08 Å². The lowest BCUT2D eigenvalue weighted by Gasteiger charge is -2.23. The van der Waals surface area contributed by atoms with Gasteiger partial charge in [-0.1, -0.05) is 164 Å². The van der Waals surface area contributed by atoms with E-state index in [2.05, 4.69) is 79.9 Å². The first-order valence-corrected chi connectivity index (χ1v) is 22.6. The molecule has 0 aliphatic carbocycles. The summed E-state index contributed by atoms with van der Waals surface area (Å²) < 4.78 is 22.0. The van der Waals surface area contributed by atoms with E-state index in [0.717, 1.165) is 70.6 Å². The van der Waals surface area contributed by atoms with Crippen molar-refractivity contribution >= 4 is 13.7 Å². The van der Waals surface area contributed by atoms with Crippen molar-refractivity contribution in [3.8, 4) is 0 Å². The van der Waals surface area contributed by atoms with Crippen LogP contribution in [0.1, 0.15) is 168 Å². The van der Waals surface area contributed by atoms with Gasteiger partial charge >= 0.3 is 7.82 Å². The highest BCUT2D eigenvalue weighted by atomic mass is 31.2. The molecule has 0 radical (unpaired) electrons. The number of rotatable bonds is 38. The van der Waals surface area contributed by atoms with E-state index in [4.69, 9.17) is 14.8 Å². The molecular formula is C44H79N2O6P. The number of aliphatic hydroxyl groups excluding tert-OH is 1. The van der Waals surface area contributed by atoms with Crippen LogP contribution in [0.2, 0.25) is 0 Å². The van der Waals surface area contributed by atoms with Crippen LogP contribution in [0.25, 0.3) is 0 Å². The number of phosphoric acid groups is 1. The quantitative estimate of drug-likeness (QED) is 0.0280. The number of hydrogen-bond donors (Lipinski definition) is 4. The fraction of sp³-hybridized carbons (Fsp3) is 0.705. The SMILES string of the molecule is CC/C=C\C/C=C\C/C=C\C/C=C\CCCCCCCCCCCCC(=O)NC(COP(=O)(O)OCCN)C(O)/C=C/CC/C=C/CCCCCCC. The summed E-state index contributed by atoms with van der Waals surface area (Å²) in [4.78, 5) is 22.6. The Balaban J connectivity index is 4.17. The molecular weight excluding hydrogens is 683 g/mol. The molecule has 0 fully saturated rings. The van der Waals surface area contributed by atoms with E-state index >= 15 is 0 Å². The molecule has 3 atom stereocenters. The van der Waals surface area contributed by atoms with E-state index in [-0.39, 0.29) is 25.7 Å². The van der Waals surface area contributed by atoms with Crippen molar-refractivity contribution in [2.75, 3.05) is 19.8 Å². The van der Waals surface area contributed by atoms with Gasteiger partial charge in [0.25, 0.3) is 0 Å². The fourth-order valence-electron chi connectivity index (χ4n) is 5.61. The van der Waals surface area contributed by atoms with Gasteiger partial charge in [-0.25, -0.2) is 4.57 Å². The molecule has 306 valence electrons. The highest BCUT2D eigenvalue weighted by Crippen LogP contribution is 2.43. The summed E-state index contributed by atoms with van der Waals surface area (Å²) in [6.45, 7) is 3.95. The molecule has 0 rings (SSSR count). The van der Waals surface area contributed by atoms with Gasteiger partial charge in [-0.05, 0) is 70.6 Å². The number of hydrogen-bond acceptors (Lipinski definition) is 6. The molecule has 0 aliphatic heterocycles. The predicted molar refractivity (Wildman–Crippen MR) is 226 cm³/mol. The van der Waals surface area contributed by atoms with Crippen LogP contribution in [-0.4, -0.2) is 47.8 Å². The Morgan fingerprint density at radius 3 is 1.68 bits per heavy atom. The van der Waals surface area contributed by atoms with E-state index in [1.165, 1.54) is 77.0 Å². The lowest BCUT2D eigenvalue weighted by Crippen LogP contribution is -2.45. The second-order valence-corrected chi connectivity index (χ2v) is 15.3. The van der Waals surface area contributed by atoms with Crippen molar-refractivity contribution in [3.05, 3.63) is 72.9 Å². The van der Waals surface area contributed by atoms with Crippen LogP contribution in [0.15, 0.2) is 72.9 Å². The third-order valence-electron chi connectivity index (χ3n) is 8.77. The largest absolute Gasteiger partial charge is 0.472 e. The van der Waals surface area contributed by atoms with Crippen LogP contribution >= 0.6 is 7.82 Å². The van der Waals surface area contributed by atoms with Crippen molar-refractivity contribution in [1.82, 2.24) is 5.32 Å². The second kappa shape index (κ2) is 39.6. The van der Waals surface area contributed by atoms with Gasteiger partial charge in [0, 0.05) is 13.0 Å². The zero-order valence-corrected chi connectivity index (χ0v) is 34.6. The molecule has 53 heavy (non-hydrogen) atoms. The number of phosphoric ester groups is 1. The smallest absolute Gasteiger partial charge is 0.387 e. The highest BCUT2D eigenvalue weighted by molar-refractivity contribution is 7.47. The normalized spacial score (nSPS) is 14.9. The molecule has 0 spiro atoms. The zero-order chi connectivity index (χ0) is 38.9. The fourth-order valence-corrected chi connectivity index (χ4v) is 6.37. The average molecular weight is 763 g/mol. The van der Waals surface area contributed by atoms with Crippen molar-refractivity contribution in [3.63, 3.8) is 0 Å². The first kappa shape index (κ1) is 50.9. The summed E-state index contributed by atoms with van der Waals surface area (Å²) >= 11 is 0. The average Bonchev–Trinajstić information content (AvgIpc) is 3.14. The second-order valence-electron chi connectivity index (χ2n) is 13.8. The molecule has 8 nitrogen and oxygen atoms in total. The summed E-state index contributed by atoms with van der Waals surface area (Å²) in [5.41, 5.74) is 5.36. The molecule has 0 aromatic heterocycles. The molecule has 9 heteroatoms. The third-order valence-corrected chi connectivity index (χ3v) is 9.75. The number of unbranched alkanes of at least 4 members (excludes halogenated alkanes) is 16. The van der Waals surface area contributed by atoms with E-state index < -0.39 is 20.0 Å². The number of nitrogens with one attached hydrogen (secondary N) is 1. The first-order valence-electron chi connectivity index (χ1n) is 21.1. The minimum atomic E-state index is -4.35. The monoisotopic (exact) mass is 763 g/mol. The standard InChI is InChI=1S/C44H79N2O6P/c1-3-5-7-9-11-13-15-16-17-18-19-20-21-22-23-24-25-26-28-30-32-34-36-38-44(48)46-42(41-52-53(49,50)51-40-39-45)43(47)37-35-33-31-29-27-14-12-10-8-6-4-2/h5,7,11,13,16-17,19-20,27,29,35,37,42-43,47H,3-4,6,8-10,12,14-15,18,21-26,28,30-34,36,38-41,45H2,1-2H3,(H,46,48)(H,49,50)/b7-5-,13-11-,17-16-,20-19-,29-27+,37-35+. The van der Waals surface area contributed by atoms with Crippen LogP contribution in [0, 0.1) is 0 Å². The first-order chi connectivity index (χ1) is 25.9. The van der Waals surface area contributed by atoms with Gasteiger partial charge in [-0.3, -0.25) is 13.8 Å². The topological polar surface area (TPSA) is 131 Å². The number of nitrogens with two attached hydrogens (primary N) is 1. The van der Waals surface area contributed by atoms with Crippen LogP contribution in [0.3, 0.4) is 0 Å². The number of allylic oxidation sites excluding steroid dienone is 11. The van der Waals surface area contributed by atoms with E-state index in [9.17, 15) is 19.4 Å². The Morgan fingerprint density at radius 2 is 1.11 bits per heavy atom. The Labute approximate surface area is 325 Å². The number of carbonyl (C=O) groups is 1. The van der Waals surface area contributed by atoms with Crippen molar-refractivity contribution in [2.24, 2.45) is 5.73 Å². The number of aliphatic hydroxyl groups is 1. The van der Waals surface area contributed by atoms with Gasteiger partial charge in [-0.2, -0.15) is 0 Å². The molecule has 1 amide bonds. The van der Waals surface area contributed by atoms with Gasteiger partial charge in [0.1, 0.15) is 0 Å². The third kappa shape index (κ3) is 38.0. The van der Waals surface area contributed by atoms with Crippen molar-refractivity contribution in [1.29, 1.82) is 0 Å². The summed E-state index contributed by atoms with van der Waals surface area (Å²) in [6, 6.07) is -0.881. The maximum absolute atomic E-state index is 12.7.